The van der Waals surface area contributed by atoms with Crippen LogP contribution in [0.2, 0.25) is 0 Å². The Morgan fingerprint density at radius 1 is 1.11 bits per heavy atom. The molecule has 2 aromatic carbocycles. The van der Waals surface area contributed by atoms with Gasteiger partial charge in [0.15, 0.2) is 11.5 Å². The Kier molecular flexibility index (Phi) is 7.01. The minimum atomic E-state index is -4.51. The van der Waals surface area contributed by atoms with Crippen molar-refractivity contribution >= 4 is 5.91 Å². The zero-order valence-corrected chi connectivity index (χ0v) is 21.9. The van der Waals surface area contributed by atoms with Crippen molar-refractivity contribution < 1.29 is 27.4 Å². The van der Waals surface area contributed by atoms with Gasteiger partial charge in [0.1, 0.15) is 11.5 Å². The van der Waals surface area contributed by atoms with Crippen molar-refractivity contribution in [1.29, 1.82) is 0 Å². The van der Waals surface area contributed by atoms with E-state index in [1.54, 1.807) is 17.7 Å². The minimum absolute atomic E-state index is 0.125. The third kappa shape index (κ3) is 5.60. The molecule has 0 atom stereocenters. The Hall–Kier alpha value is -3.49. The normalized spacial score (nSPS) is 13.2. The molecular formula is C28H32F3N3O3. The highest BCUT2D eigenvalue weighted by molar-refractivity contribution is 5.95. The molecule has 0 spiro atoms. The second-order valence-electron chi connectivity index (χ2n) is 10.7. The van der Waals surface area contributed by atoms with Gasteiger partial charge in [-0.3, -0.25) is 9.36 Å². The molecule has 37 heavy (non-hydrogen) atoms. The van der Waals surface area contributed by atoms with Crippen molar-refractivity contribution in [3.05, 3.63) is 58.9 Å². The monoisotopic (exact) mass is 515 g/mol. The summed E-state index contributed by atoms with van der Waals surface area (Å²) < 4.78 is 53.9. The number of methoxy groups -OCH3 is 1. The number of hydrogen-bond acceptors (Lipinski definition) is 4. The van der Waals surface area contributed by atoms with Crippen LogP contribution in [0.1, 0.15) is 61.9 Å². The standard InChI is InChI=1S/C28H32F3N3O3/c1-16(2)37-23-14-21-17(13-22(23)36-6)10-11-20-24(26(35)32-15-27(3,4)5)33-25(34(20)21)18-8-7-9-19(12-18)28(29,30)31/h7-9,12-14,16H,10-11,15H2,1-6H3,(H,32,35). The van der Waals surface area contributed by atoms with Gasteiger partial charge in [0.05, 0.1) is 30.2 Å². The molecule has 0 fully saturated rings. The summed E-state index contributed by atoms with van der Waals surface area (Å²) in [6.45, 7) is 10.2. The number of halogens is 3. The Balaban J connectivity index is 1.93. The molecule has 0 saturated carbocycles. The number of rotatable bonds is 6. The van der Waals surface area contributed by atoms with Crippen molar-refractivity contribution in [3.8, 4) is 28.6 Å². The molecule has 1 N–H and O–H groups in total. The molecule has 0 aliphatic carbocycles. The first-order valence-corrected chi connectivity index (χ1v) is 12.2. The van der Waals surface area contributed by atoms with Crippen LogP contribution in [-0.2, 0) is 19.0 Å². The molecule has 1 aromatic heterocycles. The van der Waals surface area contributed by atoms with Crippen LogP contribution in [0.4, 0.5) is 13.2 Å². The summed E-state index contributed by atoms with van der Waals surface area (Å²) >= 11 is 0. The first kappa shape index (κ1) is 26.6. The van der Waals surface area contributed by atoms with Crippen molar-refractivity contribution in [3.63, 3.8) is 0 Å². The molecule has 3 aromatic rings. The van der Waals surface area contributed by atoms with E-state index in [9.17, 15) is 18.0 Å². The van der Waals surface area contributed by atoms with Gasteiger partial charge < -0.3 is 14.8 Å². The molecule has 0 bridgehead atoms. The average molecular weight is 516 g/mol. The van der Waals surface area contributed by atoms with E-state index in [1.165, 1.54) is 6.07 Å². The quantitative estimate of drug-likeness (QED) is 0.423. The highest BCUT2D eigenvalue weighted by Gasteiger charge is 2.33. The number of ether oxygens (including phenoxy) is 2. The lowest BCUT2D eigenvalue weighted by Gasteiger charge is -2.24. The van der Waals surface area contributed by atoms with E-state index < -0.39 is 11.7 Å². The molecule has 0 saturated heterocycles. The van der Waals surface area contributed by atoms with E-state index in [1.807, 2.05) is 46.8 Å². The fourth-order valence-corrected chi connectivity index (χ4v) is 4.34. The zero-order chi connectivity index (χ0) is 27.1. The second-order valence-corrected chi connectivity index (χ2v) is 10.7. The summed E-state index contributed by atoms with van der Waals surface area (Å²) in [7, 11) is 1.56. The molecule has 1 aliphatic rings. The van der Waals surface area contributed by atoms with Crippen LogP contribution >= 0.6 is 0 Å². The number of aromatic nitrogens is 2. The summed E-state index contributed by atoms with van der Waals surface area (Å²) in [5, 5.41) is 2.93. The smallest absolute Gasteiger partial charge is 0.416 e. The minimum Gasteiger partial charge on any atom is -0.493 e. The van der Waals surface area contributed by atoms with Gasteiger partial charge in [-0.05, 0) is 55.9 Å². The molecule has 2 heterocycles. The maximum absolute atomic E-state index is 13.5. The number of alkyl halides is 3. The topological polar surface area (TPSA) is 65.4 Å². The Labute approximate surface area is 214 Å². The van der Waals surface area contributed by atoms with E-state index >= 15 is 0 Å². The van der Waals surface area contributed by atoms with Crippen LogP contribution in [0.5, 0.6) is 11.5 Å². The first-order valence-electron chi connectivity index (χ1n) is 12.2. The van der Waals surface area contributed by atoms with Crippen LogP contribution in [0.25, 0.3) is 17.1 Å². The Bertz CT molecular complexity index is 1320. The Morgan fingerprint density at radius 2 is 1.84 bits per heavy atom. The van der Waals surface area contributed by atoms with E-state index in [0.29, 0.717) is 42.3 Å². The number of aryl methyl sites for hydroxylation is 1. The predicted octanol–water partition coefficient (Wildman–Crippen LogP) is 6.23. The van der Waals surface area contributed by atoms with Crippen LogP contribution in [0.15, 0.2) is 36.4 Å². The fourth-order valence-electron chi connectivity index (χ4n) is 4.34. The lowest BCUT2D eigenvalue weighted by Crippen LogP contribution is -2.33. The third-order valence-electron chi connectivity index (χ3n) is 6.01. The van der Waals surface area contributed by atoms with Crippen molar-refractivity contribution in [1.82, 2.24) is 14.9 Å². The van der Waals surface area contributed by atoms with E-state index in [-0.39, 0.29) is 34.5 Å². The number of nitrogens with one attached hydrogen (secondary N) is 1. The molecular weight excluding hydrogens is 483 g/mol. The van der Waals surface area contributed by atoms with E-state index in [0.717, 1.165) is 17.7 Å². The van der Waals surface area contributed by atoms with E-state index in [2.05, 4.69) is 10.3 Å². The summed E-state index contributed by atoms with van der Waals surface area (Å²) in [4.78, 5) is 17.9. The highest BCUT2D eigenvalue weighted by Crippen LogP contribution is 2.40. The lowest BCUT2D eigenvalue weighted by molar-refractivity contribution is -0.137. The van der Waals surface area contributed by atoms with Gasteiger partial charge in [-0.1, -0.05) is 32.9 Å². The molecule has 9 heteroatoms. The van der Waals surface area contributed by atoms with Crippen molar-refractivity contribution in [2.75, 3.05) is 13.7 Å². The van der Waals surface area contributed by atoms with Gasteiger partial charge >= 0.3 is 6.18 Å². The summed E-state index contributed by atoms with van der Waals surface area (Å²) in [6.07, 6.45) is -3.53. The number of amides is 1. The van der Waals surface area contributed by atoms with Crippen LogP contribution in [0, 0.1) is 5.41 Å². The van der Waals surface area contributed by atoms with Crippen molar-refractivity contribution in [2.45, 2.75) is 59.7 Å². The predicted molar refractivity (Wildman–Crippen MR) is 136 cm³/mol. The third-order valence-corrected chi connectivity index (χ3v) is 6.01. The van der Waals surface area contributed by atoms with Crippen LogP contribution < -0.4 is 14.8 Å². The SMILES string of the molecule is COc1cc2c(cc1OC(C)C)-n1c(-c3cccc(C(F)(F)F)c3)nc(C(=O)NCC(C)(C)C)c1CC2. The highest BCUT2D eigenvalue weighted by atomic mass is 19.4. The number of nitrogens with zero attached hydrogens (tertiary/aromatic N) is 2. The van der Waals surface area contributed by atoms with Gasteiger partial charge in [0, 0.05) is 18.2 Å². The lowest BCUT2D eigenvalue weighted by atomic mass is 9.96. The molecule has 6 nitrogen and oxygen atoms in total. The van der Waals surface area contributed by atoms with Gasteiger partial charge in [0.2, 0.25) is 0 Å². The number of benzene rings is 2. The van der Waals surface area contributed by atoms with Crippen molar-refractivity contribution in [2.24, 2.45) is 5.41 Å². The van der Waals surface area contributed by atoms with Gasteiger partial charge in [-0.25, -0.2) is 4.98 Å². The molecule has 1 amide bonds. The second kappa shape index (κ2) is 9.76. The number of carbonyl (C=O) groups excluding carboxylic acids is 1. The van der Waals surface area contributed by atoms with Gasteiger partial charge in [-0.15, -0.1) is 0 Å². The van der Waals surface area contributed by atoms with Gasteiger partial charge in [0.25, 0.3) is 5.91 Å². The average Bonchev–Trinajstić information content (AvgIpc) is 3.21. The van der Waals surface area contributed by atoms with Crippen LogP contribution in [-0.4, -0.2) is 35.2 Å². The Morgan fingerprint density at radius 3 is 2.46 bits per heavy atom. The maximum Gasteiger partial charge on any atom is 0.416 e. The largest absolute Gasteiger partial charge is 0.493 e. The summed E-state index contributed by atoms with van der Waals surface area (Å²) in [6, 6.07) is 8.70. The molecule has 0 radical (unpaired) electrons. The van der Waals surface area contributed by atoms with E-state index in [4.69, 9.17) is 9.47 Å². The fraction of sp³-hybridized carbons (Fsp3) is 0.429. The molecule has 4 rings (SSSR count). The van der Waals surface area contributed by atoms with Gasteiger partial charge in [-0.2, -0.15) is 13.2 Å². The first-order chi connectivity index (χ1) is 17.3. The number of carbonyl (C=O) groups is 1. The number of fused-ring (bicyclic) bond motifs is 3. The molecule has 0 unspecified atom stereocenters. The number of imidazole rings is 1. The maximum atomic E-state index is 13.5. The summed E-state index contributed by atoms with van der Waals surface area (Å²) in [5.74, 6) is 0.988. The number of hydrogen-bond donors (Lipinski definition) is 1. The molecule has 1 aliphatic heterocycles. The zero-order valence-electron chi connectivity index (χ0n) is 21.9. The van der Waals surface area contributed by atoms with Crippen LogP contribution in [0.3, 0.4) is 0 Å². The summed E-state index contributed by atoms with van der Waals surface area (Å²) in [5.41, 5.74) is 1.82. The molecule has 198 valence electrons.